The van der Waals surface area contributed by atoms with Crippen LogP contribution in [0.25, 0.3) is 0 Å². The third-order valence-corrected chi connectivity index (χ3v) is 7.76. The lowest BCUT2D eigenvalue weighted by Gasteiger charge is -2.35. The number of anilines is 3. The van der Waals surface area contributed by atoms with Crippen molar-refractivity contribution >= 4 is 40.9 Å². The zero-order valence-electron chi connectivity index (χ0n) is 24.7. The minimum absolute atomic E-state index is 0.0310. The second-order valence-corrected chi connectivity index (χ2v) is 11.4. The predicted octanol–water partition coefficient (Wildman–Crippen LogP) is 4.27. The zero-order valence-corrected chi connectivity index (χ0v) is 25.4. The molecule has 3 aromatic rings. The monoisotopic (exact) mass is 646 g/mol. The number of amides is 3. The molecule has 0 saturated carbocycles. The predicted molar refractivity (Wildman–Crippen MR) is 165 cm³/mol. The molecule has 0 aliphatic carbocycles. The maximum atomic E-state index is 13.1. The van der Waals surface area contributed by atoms with E-state index in [0.717, 1.165) is 43.9 Å². The summed E-state index contributed by atoms with van der Waals surface area (Å²) in [4.78, 5) is 42.0. The number of carbonyl (C=O) groups is 2. The summed E-state index contributed by atoms with van der Waals surface area (Å²) >= 11 is 5.84. The third-order valence-electron chi connectivity index (χ3n) is 7.54. The molecule has 3 amide bonds. The van der Waals surface area contributed by atoms with Crippen LogP contribution < -0.4 is 20.3 Å². The van der Waals surface area contributed by atoms with Crippen molar-refractivity contribution in [1.29, 1.82) is 0 Å². The molecule has 2 N–H and O–H groups in total. The highest BCUT2D eigenvalue weighted by molar-refractivity contribution is 6.31. The van der Waals surface area contributed by atoms with Crippen molar-refractivity contribution in [1.82, 2.24) is 24.7 Å². The lowest BCUT2D eigenvalue weighted by atomic mass is 10.2. The number of hydrogen-bond donors (Lipinski definition) is 2. The first-order valence-electron chi connectivity index (χ1n) is 14.5. The second-order valence-electron chi connectivity index (χ2n) is 10.9. The topological polar surface area (TPSA) is 106 Å². The third kappa shape index (κ3) is 8.96. The van der Waals surface area contributed by atoms with Gasteiger partial charge in [0.25, 0.3) is 0 Å². The van der Waals surface area contributed by atoms with Crippen LogP contribution in [0.5, 0.6) is 5.75 Å². The number of carbonyl (C=O) groups excluding carboxylic acids is 2. The number of aromatic nitrogens is 2. The number of halogens is 4. The number of benzene rings is 1. The van der Waals surface area contributed by atoms with Gasteiger partial charge in [-0.25, -0.2) is 14.8 Å². The summed E-state index contributed by atoms with van der Waals surface area (Å²) in [6.45, 7) is 5.57. The Morgan fingerprint density at radius 2 is 1.69 bits per heavy atom. The van der Waals surface area contributed by atoms with Gasteiger partial charge in [-0.1, -0.05) is 11.6 Å². The van der Waals surface area contributed by atoms with Crippen LogP contribution in [0.15, 0.2) is 54.9 Å². The SMILES string of the molecule is CN1CCN(CC(=O)Nc2cc(COc3cccnc3N3CCN(C(=O)Nc4cc(Cl)cc(C(F)(F)F)c4)CC3)ccn2)CC1. The van der Waals surface area contributed by atoms with E-state index >= 15 is 0 Å². The first-order chi connectivity index (χ1) is 21.5. The van der Waals surface area contributed by atoms with Crippen LogP contribution in [0.1, 0.15) is 11.1 Å². The smallest absolute Gasteiger partial charge is 0.416 e. The minimum atomic E-state index is -4.58. The van der Waals surface area contributed by atoms with Gasteiger partial charge >= 0.3 is 12.2 Å². The summed E-state index contributed by atoms with van der Waals surface area (Å²) in [5.74, 6) is 1.48. The Hall–Kier alpha value is -4.14. The van der Waals surface area contributed by atoms with E-state index in [2.05, 4.69) is 37.4 Å². The van der Waals surface area contributed by atoms with E-state index in [1.807, 2.05) is 4.90 Å². The number of urea groups is 1. The Labute approximate surface area is 263 Å². The van der Waals surface area contributed by atoms with Gasteiger partial charge in [0.15, 0.2) is 11.6 Å². The quantitative estimate of drug-likeness (QED) is 0.374. The maximum Gasteiger partial charge on any atom is 0.416 e. The fourth-order valence-corrected chi connectivity index (χ4v) is 5.30. The summed E-state index contributed by atoms with van der Waals surface area (Å²) in [6, 6.07) is 9.56. The molecule has 0 unspecified atom stereocenters. The van der Waals surface area contributed by atoms with Crippen molar-refractivity contribution in [2.75, 3.05) is 81.5 Å². The summed E-state index contributed by atoms with van der Waals surface area (Å²) in [5, 5.41) is 5.26. The molecule has 2 saturated heterocycles. The standard InChI is InChI=1S/C30H34ClF3N8O3/c1-39-7-9-40(10-8-39)19-27(43)38-26-15-21(4-6-35-26)20-45-25-3-2-5-36-28(25)41-11-13-42(14-12-41)29(44)37-24-17-22(30(32,33)34)16-23(31)18-24/h2-6,15-18H,7-14,19-20H2,1H3,(H,37,44)(H,35,38,43). The van der Waals surface area contributed by atoms with E-state index in [1.54, 1.807) is 36.7 Å². The van der Waals surface area contributed by atoms with Gasteiger partial charge in [0, 0.05) is 75.5 Å². The molecule has 2 aromatic heterocycles. The van der Waals surface area contributed by atoms with Gasteiger partial charge in [0.05, 0.1) is 12.1 Å². The van der Waals surface area contributed by atoms with Gasteiger partial charge < -0.3 is 30.1 Å². The molecule has 0 radical (unpaired) electrons. The average Bonchev–Trinajstić information content (AvgIpc) is 3.01. The molecule has 2 aliphatic heterocycles. The fraction of sp³-hybridized carbons (Fsp3) is 0.400. The average molecular weight is 647 g/mol. The van der Waals surface area contributed by atoms with Gasteiger partial charge in [0.1, 0.15) is 12.4 Å². The zero-order chi connectivity index (χ0) is 32.0. The summed E-state index contributed by atoms with van der Waals surface area (Å²) in [5.41, 5.74) is -0.158. The maximum absolute atomic E-state index is 13.1. The normalized spacial score (nSPS) is 16.4. The minimum Gasteiger partial charge on any atom is -0.485 e. The number of piperazine rings is 2. The molecule has 4 heterocycles. The van der Waals surface area contributed by atoms with E-state index in [1.165, 1.54) is 11.0 Å². The number of likely N-dealkylation sites (N-methyl/N-ethyl adjacent to an activating group) is 1. The largest absolute Gasteiger partial charge is 0.485 e. The summed E-state index contributed by atoms with van der Waals surface area (Å²) < 4.78 is 45.6. The van der Waals surface area contributed by atoms with Crippen LogP contribution in [0.4, 0.5) is 35.3 Å². The Bertz CT molecular complexity index is 1500. The molecule has 5 rings (SSSR count). The summed E-state index contributed by atoms with van der Waals surface area (Å²) in [6.07, 6.45) is -1.32. The lowest BCUT2D eigenvalue weighted by Crippen LogP contribution is -2.50. The molecule has 0 atom stereocenters. The van der Waals surface area contributed by atoms with Gasteiger partial charge in [-0.05, 0) is 55.1 Å². The highest BCUT2D eigenvalue weighted by atomic mass is 35.5. The molecule has 2 fully saturated rings. The van der Waals surface area contributed by atoms with Crippen LogP contribution >= 0.6 is 11.6 Å². The molecule has 15 heteroatoms. The molecular formula is C30H34ClF3N8O3. The van der Waals surface area contributed by atoms with Crippen molar-refractivity contribution in [3.8, 4) is 5.75 Å². The number of nitrogens with one attached hydrogen (secondary N) is 2. The molecule has 45 heavy (non-hydrogen) atoms. The Morgan fingerprint density at radius 3 is 2.42 bits per heavy atom. The molecule has 11 nitrogen and oxygen atoms in total. The fourth-order valence-electron chi connectivity index (χ4n) is 5.07. The highest BCUT2D eigenvalue weighted by Crippen LogP contribution is 2.33. The van der Waals surface area contributed by atoms with Crippen molar-refractivity contribution < 1.29 is 27.5 Å². The van der Waals surface area contributed by atoms with Crippen molar-refractivity contribution in [3.63, 3.8) is 0 Å². The first-order valence-corrected chi connectivity index (χ1v) is 14.8. The second kappa shape index (κ2) is 14.3. The van der Waals surface area contributed by atoms with Gasteiger partial charge in [-0.3, -0.25) is 9.69 Å². The molecule has 240 valence electrons. The molecule has 0 spiro atoms. The van der Waals surface area contributed by atoms with Crippen LogP contribution in [0.2, 0.25) is 5.02 Å². The van der Waals surface area contributed by atoms with Gasteiger partial charge in [-0.2, -0.15) is 13.2 Å². The number of rotatable bonds is 8. The Balaban J connectivity index is 1.13. The molecular weight excluding hydrogens is 613 g/mol. The van der Waals surface area contributed by atoms with Crippen molar-refractivity contribution in [2.24, 2.45) is 0 Å². The first kappa shape index (κ1) is 32.3. The molecule has 1 aromatic carbocycles. The van der Waals surface area contributed by atoms with E-state index in [0.29, 0.717) is 50.1 Å². The van der Waals surface area contributed by atoms with E-state index in [4.69, 9.17) is 16.3 Å². The van der Waals surface area contributed by atoms with Gasteiger partial charge in [0.2, 0.25) is 5.91 Å². The number of nitrogens with zero attached hydrogens (tertiary/aromatic N) is 6. The lowest BCUT2D eigenvalue weighted by molar-refractivity contribution is -0.137. The highest BCUT2D eigenvalue weighted by Gasteiger charge is 2.32. The van der Waals surface area contributed by atoms with Gasteiger partial charge in [-0.15, -0.1) is 0 Å². The Kier molecular flexibility index (Phi) is 10.3. The number of alkyl halides is 3. The number of pyridine rings is 2. The van der Waals surface area contributed by atoms with Crippen LogP contribution in [-0.2, 0) is 17.6 Å². The Morgan fingerprint density at radius 1 is 0.933 bits per heavy atom. The van der Waals surface area contributed by atoms with E-state index < -0.39 is 17.8 Å². The van der Waals surface area contributed by atoms with Crippen molar-refractivity contribution in [3.05, 3.63) is 71.0 Å². The van der Waals surface area contributed by atoms with E-state index in [9.17, 15) is 22.8 Å². The molecule has 0 bridgehead atoms. The molecule has 2 aliphatic rings. The van der Waals surface area contributed by atoms with Crippen LogP contribution in [0.3, 0.4) is 0 Å². The number of hydrogen-bond acceptors (Lipinski definition) is 8. The van der Waals surface area contributed by atoms with E-state index in [-0.39, 0.29) is 23.2 Å². The van der Waals surface area contributed by atoms with Crippen LogP contribution in [0, 0.1) is 0 Å². The van der Waals surface area contributed by atoms with Crippen LogP contribution in [-0.4, -0.2) is 103 Å². The van der Waals surface area contributed by atoms with Crippen molar-refractivity contribution in [2.45, 2.75) is 12.8 Å². The summed E-state index contributed by atoms with van der Waals surface area (Å²) in [7, 11) is 2.07. The number of ether oxygens (including phenoxy) is 1.